The van der Waals surface area contributed by atoms with Crippen molar-refractivity contribution in [1.82, 2.24) is 9.97 Å². The molecule has 0 bridgehead atoms. The van der Waals surface area contributed by atoms with Crippen molar-refractivity contribution in [2.45, 2.75) is 6.54 Å². The predicted molar refractivity (Wildman–Crippen MR) is 68.0 cm³/mol. The summed E-state index contributed by atoms with van der Waals surface area (Å²) >= 11 is 1.71. The first-order valence-electron chi connectivity index (χ1n) is 5.01. The molecule has 4 nitrogen and oxygen atoms in total. The Labute approximate surface area is 99.0 Å². The lowest BCUT2D eigenvalue weighted by molar-refractivity contribution is 0.894. The summed E-state index contributed by atoms with van der Waals surface area (Å²) in [6.07, 6.45) is 3.48. The van der Waals surface area contributed by atoms with Gasteiger partial charge in [-0.15, -0.1) is 0 Å². The number of nitrogens with zero attached hydrogens (tertiary/aromatic N) is 3. The number of nitrogens with one attached hydrogen (secondary N) is 1. The quantitative estimate of drug-likeness (QED) is 0.880. The van der Waals surface area contributed by atoms with Crippen LogP contribution in [0.25, 0.3) is 0 Å². The fourth-order valence-electron chi connectivity index (χ4n) is 1.40. The first-order chi connectivity index (χ1) is 7.79. The van der Waals surface area contributed by atoms with Crippen molar-refractivity contribution >= 4 is 23.0 Å². The monoisotopic (exact) mass is 234 g/mol. The summed E-state index contributed by atoms with van der Waals surface area (Å²) in [7, 11) is 3.85. The van der Waals surface area contributed by atoms with E-state index < -0.39 is 0 Å². The van der Waals surface area contributed by atoms with Crippen molar-refractivity contribution in [1.29, 1.82) is 0 Å². The van der Waals surface area contributed by atoms with Gasteiger partial charge in [-0.05, 0) is 22.4 Å². The molecular weight excluding hydrogens is 220 g/mol. The van der Waals surface area contributed by atoms with Gasteiger partial charge < -0.3 is 10.2 Å². The summed E-state index contributed by atoms with van der Waals surface area (Å²) in [5, 5.41) is 7.21. The van der Waals surface area contributed by atoms with E-state index in [0.29, 0.717) is 0 Å². The molecule has 0 aliphatic heterocycles. The lowest BCUT2D eigenvalue weighted by Crippen LogP contribution is -2.17. The molecule has 16 heavy (non-hydrogen) atoms. The maximum atomic E-state index is 4.43. The molecule has 2 aromatic rings. The van der Waals surface area contributed by atoms with Gasteiger partial charge in [-0.3, -0.25) is 4.98 Å². The van der Waals surface area contributed by atoms with Crippen LogP contribution in [0.2, 0.25) is 0 Å². The summed E-state index contributed by atoms with van der Waals surface area (Å²) in [5.74, 6) is 1.66. The summed E-state index contributed by atoms with van der Waals surface area (Å²) in [6.45, 7) is 0.853. The standard InChI is InChI=1S/C11H14N4S/c1-12-10-5-13-6-11(14-10)15(2)7-9-3-4-16-8-9/h3-6,8H,7H2,1-2H3,(H,12,14). The minimum absolute atomic E-state index is 0.787. The third-order valence-corrected chi connectivity index (χ3v) is 3.00. The second-order valence-corrected chi connectivity index (χ2v) is 4.28. The Morgan fingerprint density at radius 2 is 2.31 bits per heavy atom. The smallest absolute Gasteiger partial charge is 0.149 e. The molecule has 2 aromatic heterocycles. The molecule has 0 radical (unpaired) electrons. The molecule has 0 fully saturated rings. The molecule has 0 saturated heterocycles. The number of aromatic nitrogens is 2. The van der Waals surface area contributed by atoms with Gasteiger partial charge in [-0.2, -0.15) is 11.3 Å². The van der Waals surface area contributed by atoms with Gasteiger partial charge in [0.15, 0.2) is 0 Å². The molecule has 0 aromatic carbocycles. The Morgan fingerprint density at radius 3 is 3.00 bits per heavy atom. The lowest BCUT2D eigenvalue weighted by atomic mass is 10.3. The van der Waals surface area contributed by atoms with Gasteiger partial charge in [0, 0.05) is 20.6 Å². The second kappa shape index (κ2) is 4.94. The Kier molecular flexibility index (Phi) is 3.36. The zero-order valence-corrected chi connectivity index (χ0v) is 10.2. The fourth-order valence-corrected chi connectivity index (χ4v) is 2.06. The van der Waals surface area contributed by atoms with Crippen LogP contribution in [0, 0.1) is 0 Å². The molecular formula is C11H14N4S. The summed E-state index contributed by atoms with van der Waals surface area (Å²) in [4.78, 5) is 10.6. The maximum Gasteiger partial charge on any atom is 0.149 e. The first kappa shape index (κ1) is 10.9. The van der Waals surface area contributed by atoms with Crippen molar-refractivity contribution in [3.63, 3.8) is 0 Å². The van der Waals surface area contributed by atoms with Crippen LogP contribution >= 0.6 is 11.3 Å². The first-order valence-corrected chi connectivity index (χ1v) is 5.96. The summed E-state index contributed by atoms with van der Waals surface area (Å²) < 4.78 is 0. The normalized spacial score (nSPS) is 10.1. The van der Waals surface area contributed by atoms with Crippen LogP contribution in [-0.4, -0.2) is 24.1 Å². The van der Waals surface area contributed by atoms with Gasteiger partial charge in [0.2, 0.25) is 0 Å². The minimum Gasteiger partial charge on any atom is -0.372 e. The Bertz CT molecular complexity index is 441. The van der Waals surface area contributed by atoms with E-state index in [-0.39, 0.29) is 0 Å². The van der Waals surface area contributed by atoms with Gasteiger partial charge in [0.25, 0.3) is 0 Å². The third-order valence-electron chi connectivity index (χ3n) is 2.27. The molecule has 84 valence electrons. The van der Waals surface area contributed by atoms with Crippen LogP contribution in [0.4, 0.5) is 11.6 Å². The van der Waals surface area contributed by atoms with Crippen LogP contribution in [0.1, 0.15) is 5.56 Å². The van der Waals surface area contributed by atoms with E-state index in [1.165, 1.54) is 5.56 Å². The van der Waals surface area contributed by atoms with Gasteiger partial charge >= 0.3 is 0 Å². The molecule has 2 rings (SSSR count). The molecule has 0 aliphatic carbocycles. The van der Waals surface area contributed by atoms with Crippen LogP contribution < -0.4 is 10.2 Å². The second-order valence-electron chi connectivity index (χ2n) is 3.50. The maximum absolute atomic E-state index is 4.43. The van der Waals surface area contributed by atoms with E-state index in [2.05, 4.69) is 37.0 Å². The van der Waals surface area contributed by atoms with Crippen molar-refractivity contribution in [3.05, 3.63) is 34.8 Å². The number of anilines is 2. The average molecular weight is 234 g/mol. The van der Waals surface area contributed by atoms with E-state index in [1.54, 1.807) is 23.7 Å². The number of rotatable bonds is 4. The molecule has 0 atom stereocenters. The van der Waals surface area contributed by atoms with Crippen LogP contribution in [-0.2, 0) is 6.54 Å². The molecule has 5 heteroatoms. The lowest BCUT2D eigenvalue weighted by Gasteiger charge is -2.17. The molecule has 0 saturated carbocycles. The van der Waals surface area contributed by atoms with Crippen molar-refractivity contribution in [3.8, 4) is 0 Å². The highest BCUT2D eigenvalue weighted by atomic mass is 32.1. The highest BCUT2D eigenvalue weighted by molar-refractivity contribution is 7.07. The fraction of sp³-hybridized carbons (Fsp3) is 0.273. The predicted octanol–water partition coefficient (Wildman–Crippen LogP) is 2.22. The molecule has 0 unspecified atom stereocenters. The summed E-state index contributed by atoms with van der Waals surface area (Å²) in [5.41, 5.74) is 1.30. The third kappa shape index (κ3) is 2.49. The Morgan fingerprint density at radius 1 is 1.44 bits per heavy atom. The van der Waals surface area contributed by atoms with Crippen LogP contribution in [0.3, 0.4) is 0 Å². The Hall–Kier alpha value is -1.62. The van der Waals surface area contributed by atoms with Gasteiger partial charge in [-0.1, -0.05) is 0 Å². The highest BCUT2D eigenvalue weighted by Gasteiger charge is 2.04. The molecule has 0 spiro atoms. The average Bonchev–Trinajstić information content (AvgIpc) is 2.82. The van der Waals surface area contributed by atoms with Gasteiger partial charge in [0.05, 0.1) is 12.4 Å². The number of hydrogen-bond acceptors (Lipinski definition) is 5. The topological polar surface area (TPSA) is 41.1 Å². The molecule has 0 aliphatic rings. The minimum atomic E-state index is 0.787. The van der Waals surface area contributed by atoms with E-state index in [0.717, 1.165) is 18.2 Å². The number of hydrogen-bond donors (Lipinski definition) is 1. The van der Waals surface area contributed by atoms with Gasteiger partial charge in [-0.25, -0.2) is 4.98 Å². The van der Waals surface area contributed by atoms with E-state index in [4.69, 9.17) is 0 Å². The van der Waals surface area contributed by atoms with Crippen molar-refractivity contribution < 1.29 is 0 Å². The highest BCUT2D eigenvalue weighted by Crippen LogP contribution is 2.15. The van der Waals surface area contributed by atoms with Crippen LogP contribution in [0.15, 0.2) is 29.2 Å². The zero-order chi connectivity index (χ0) is 11.4. The largest absolute Gasteiger partial charge is 0.372 e. The number of thiophene rings is 1. The van der Waals surface area contributed by atoms with Crippen molar-refractivity contribution in [2.24, 2.45) is 0 Å². The van der Waals surface area contributed by atoms with Gasteiger partial charge in [0.1, 0.15) is 11.6 Å². The molecule has 2 heterocycles. The molecule has 1 N–H and O–H groups in total. The van der Waals surface area contributed by atoms with Crippen molar-refractivity contribution in [2.75, 3.05) is 24.3 Å². The van der Waals surface area contributed by atoms with E-state index in [9.17, 15) is 0 Å². The van der Waals surface area contributed by atoms with E-state index in [1.807, 2.05) is 14.1 Å². The Balaban J connectivity index is 2.11. The molecule has 0 amide bonds. The van der Waals surface area contributed by atoms with Crippen LogP contribution in [0.5, 0.6) is 0 Å². The zero-order valence-electron chi connectivity index (χ0n) is 9.34. The SMILES string of the molecule is CNc1cncc(N(C)Cc2ccsc2)n1. The van der Waals surface area contributed by atoms with E-state index >= 15 is 0 Å². The summed E-state index contributed by atoms with van der Waals surface area (Å²) in [6, 6.07) is 2.12.